The van der Waals surface area contributed by atoms with Crippen molar-refractivity contribution < 1.29 is 34.3 Å². The number of carbonyl (C=O) groups is 1. The van der Waals surface area contributed by atoms with Gasteiger partial charge in [-0.15, -0.1) is 0 Å². The van der Waals surface area contributed by atoms with E-state index in [9.17, 15) is 4.79 Å². The predicted octanol–water partition coefficient (Wildman–Crippen LogP) is 0.887. The van der Waals surface area contributed by atoms with Crippen LogP contribution in [0.2, 0.25) is 0 Å². The van der Waals surface area contributed by atoms with Crippen LogP contribution in [0.1, 0.15) is 32.6 Å². The second kappa shape index (κ2) is 10.2. The molecule has 0 aliphatic carbocycles. The molecule has 0 bridgehead atoms. The molecule has 0 heterocycles. The van der Waals surface area contributed by atoms with E-state index in [1.165, 1.54) is 0 Å². The van der Waals surface area contributed by atoms with Gasteiger partial charge in [0.2, 0.25) is 0 Å². The van der Waals surface area contributed by atoms with Crippen molar-refractivity contribution in [1.82, 2.24) is 0 Å². The van der Waals surface area contributed by atoms with Gasteiger partial charge in [-0.3, -0.25) is 0 Å². The summed E-state index contributed by atoms with van der Waals surface area (Å²) in [4.78, 5) is 32.1. The van der Waals surface area contributed by atoms with Crippen molar-refractivity contribution in [2.24, 2.45) is 5.92 Å². The van der Waals surface area contributed by atoms with Crippen LogP contribution in [-0.2, 0) is 9.36 Å². The number of rotatable bonds is 7. The van der Waals surface area contributed by atoms with E-state index >= 15 is 0 Å². The molecule has 0 rings (SSSR count). The molecule has 7 nitrogen and oxygen atoms in total. The van der Waals surface area contributed by atoms with Crippen molar-refractivity contribution in [1.29, 1.82) is 0 Å². The number of aliphatic hydroxyl groups is 1. The van der Waals surface area contributed by atoms with Crippen LogP contribution in [0, 0.1) is 5.92 Å². The van der Waals surface area contributed by atoms with Crippen LogP contribution in [-0.4, -0.2) is 37.5 Å². The van der Waals surface area contributed by atoms with E-state index in [1.54, 1.807) is 0 Å². The summed E-state index contributed by atoms with van der Waals surface area (Å²) in [5, 5.41) is 17.5. The molecule has 0 saturated carbocycles. The van der Waals surface area contributed by atoms with E-state index in [0.29, 0.717) is 0 Å². The third-order valence-corrected chi connectivity index (χ3v) is 2.14. The standard InChI is InChI=1S/C10H18O3.H3O4P/c1-3-4-5-6-9(7-11)8(2)10(12)13;1-5(2,3)4/h9,11H,2-7H2,1H3,(H,12,13);(H3,1,2,3,4). The van der Waals surface area contributed by atoms with E-state index in [0.717, 1.165) is 25.7 Å². The molecule has 0 aromatic carbocycles. The number of carboxylic acids is 1. The van der Waals surface area contributed by atoms with Crippen molar-refractivity contribution in [3.8, 4) is 0 Å². The maximum absolute atomic E-state index is 10.5. The lowest BCUT2D eigenvalue weighted by Crippen LogP contribution is -2.15. The average Bonchev–Trinajstić information content (AvgIpc) is 2.21. The number of carboxylic acid groups (broad SMARTS) is 1. The van der Waals surface area contributed by atoms with Crippen molar-refractivity contribution in [2.45, 2.75) is 32.6 Å². The van der Waals surface area contributed by atoms with Crippen LogP contribution in [0.15, 0.2) is 12.2 Å². The zero-order valence-corrected chi connectivity index (χ0v) is 11.2. The lowest BCUT2D eigenvalue weighted by molar-refractivity contribution is -0.133. The largest absolute Gasteiger partial charge is 0.478 e. The number of aliphatic carboxylic acids is 1. The quantitative estimate of drug-likeness (QED) is 0.266. The number of phosphoric acid groups is 1. The summed E-state index contributed by atoms with van der Waals surface area (Å²) in [7, 11) is -4.64. The van der Waals surface area contributed by atoms with Gasteiger partial charge in [0.25, 0.3) is 0 Å². The first-order valence-corrected chi connectivity index (χ1v) is 7.01. The van der Waals surface area contributed by atoms with Crippen LogP contribution in [0.5, 0.6) is 0 Å². The Kier molecular flexibility index (Phi) is 11.1. The number of hydrogen-bond acceptors (Lipinski definition) is 3. The molecular formula is C10H21O7P. The minimum Gasteiger partial charge on any atom is -0.478 e. The van der Waals surface area contributed by atoms with Crippen LogP contribution >= 0.6 is 7.82 Å². The first kappa shape index (κ1) is 19.6. The molecule has 0 fully saturated rings. The van der Waals surface area contributed by atoms with Gasteiger partial charge in [0.05, 0.1) is 6.61 Å². The minimum absolute atomic E-state index is 0.116. The molecule has 8 heteroatoms. The fourth-order valence-corrected chi connectivity index (χ4v) is 1.19. The number of hydrogen-bond donors (Lipinski definition) is 5. The Morgan fingerprint density at radius 2 is 1.72 bits per heavy atom. The van der Waals surface area contributed by atoms with E-state index in [2.05, 4.69) is 13.5 Å². The third-order valence-electron chi connectivity index (χ3n) is 2.14. The maximum atomic E-state index is 10.5. The van der Waals surface area contributed by atoms with E-state index < -0.39 is 13.8 Å². The Bertz CT molecular complexity index is 288. The molecule has 0 aromatic rings. The lowest BCUT2D eigenvalue weighted by atomic mass is 9.95. The summed E-state index contributed by atoms with van der Waals surface area (Å²) in [5.74, 6) is -1.28. The average molecular weight is 284 g/mol. The summed E-state index contributed by atoms with van der Waals surface area (Å²) in [6.07, 6.45) is 3.84. The number of unbranched alkanes of at least 4 members (excludes halogenated alkanes) is 2. The second-order valence-corrected chi connectivity index (χ2v) is 4.75. The van der Waals surface area contributed by atoms with E-state index in [1.807, 2.05) is 0 Å². The predicted molar refractivity (Wildman–Crippen MR) is 65.8 cm³/mol. The van der Waals surface area contributed by atoms with Gasteiger partial charge in [0.15, 0.2) is 0 Å². The lowest BCUT2D eigenvalue weighted by Gasteiger charge is -2.13. The van der Waals surface area contributed by atoms with Crippen LogP contribution in [0.3, 0.4) is 0 Å². The fraction of sp³-hybridized carbons (Fsp3) is 0.700. The van der Waals surface area contributed by atoms with Crippen molar-refractivity contribution >= 4 is 13.8 Å². The summed E-state index contributed by atoms with van der Waals surface area (Å²) in [6, 6.07) is 0. The van der Waals surface area contributed by atoms with Gasteiger partial charge in [-0.25, -0.2) is 9.36 Å². The molecule has 1 atom stereocenters. The fourth-order valence-electron chi connectivity index (χ4n) is 1.19. The highest BCUT2D eigenvalue weighted by Gasteiger charge is 2.16. The molecular weight excluding hydrogens is 263 g/mol. The van der Waals surface area contributed by atoms with Crippen molar-refractivity contribution in [3.63, 3.8) is 0 Å². The van der Waals surface area contributed by atoms with Crippen LogP contribution in [0.4, 0.5) is 0 Å². The third kappa shape index (κ3) is 15.3. The molecule has 0 amide bonds. The van der Waals surface area contributed by atoms with E-state index in [4.69, 9.17) is 29.5 Å². The van der Waals surface area contributed by atoms with Gasteiger partial charge in [0, 0.05) is 11.5 Å². The molecule has 18 heavy (non-hydrogen) atoms. The van der Waals surface area contributed by atoms with Crippen LogP contribution < -0.4 is 0 Å². The molecule has 0 spiro atoms. The van der Waals surface area contributed by atoms with Gasteiger partial charge in [-0.2, -0.15) is 0 Å². The van der Waals surface area contributed by atoms with Crippen molar-refractivity contribution in [2.75, 3.05) is 6.61 Å². The minimum atomic E-state index is -4.64. The normalized spacial score (nSPS) is 12.3. The molecule has 0 aliphatic rings. The molecule has 0 radical (unpaired) electrons. The molecule has 108 valence electrons. The highest BCUT2D eigenvalue weighted by molar-refractivity contribution is 7.45. The molecule has 0 aromatic heterocycles. The molecule has 0 saturated heterocycles. The molecule has 1 unspecified atom stereocenters. The van der Waals surface area contributed by atoms with Gasteiger partial charge >= 0.3 is 13.8 Å². The van der Waals surface area contributed by atoms with Gasteiger partial charge in [0.1, 0.15) is 0 Å². The highest BCUT2D eigenvalue weighted by Crippen LogP contribution is 2.25. The van der Waals surface area contributed by atoms with Gasteiger partial charge < -0.3 is 24.9 Å². The maximum Gasteiger partial charge on any atom is 0.466 e. The summed E-state index contributed by atoms with van der Waals surface area (Å²) in [6.45, 7) is 5.41. The Labute approximate surface area is 106 Å². The summed E-state index contributed by atoms with van der Waals surface area (Å²) >= 11 is 0. The highest BCUT2D eigenvalue weighted by atomic mass is 31.2. The zero-order valence-electron chi connectivity index (χ0n) is 10.3. The Morgan fingerprint density at radius 3 is 2.00 bits per heavy atom. The summed E-state index contributed by atoms with van der Waals surface area (Å²) < 4.78 is 8.88. The summed E-state index contributed by atoms with van der Waals surface area (Å²) in [5.41, 5.74) is 0.124. The molecule has 5 N–H and O–H groups in total. The van der Waals surface area contributed by atoms with Gasteiger partial charge in [-0.05, 0) is 6.42 Å². The zero-order chi connectivity index (χ0) is 14.8. The SMILES string of the molecule is C=C(C(=O)O)C(CO)CCCCC.O=P(O)(O)O. The second-order valence-electron chi connectivity index (χ2n) is 3.72. The van der Waals surface area contributed by atoms with E-state index in [-0.39, 0.29) is 18.1 Å². The van der Waals surface area contributed by atoms with Crippen molar-refractivity contribution in [3.05, 3.63) is 12.2 Å². The Hall–Kier alpha value is -0.720. The first-order chi connectivity index (χ1) is 8.13. The Morgan fingerprint density at radius 1 is 1.28 bits per heavy atom. The number of aliphatic hydroxyl groups excluding tert-OH is 1. The molecule has 0 aliphatic heterocycles. The smallest absolute Gasteiger partial charge is 0.466 e. The van der Waals surface area contributed by atoms with Gasteiger partial charge in [-0.1, -0.05) is 32.8 Å². The van der Waals surface area contributed by atoms with Crippen LogP contribution in [0.25, 0.3) is 0 Å². The topological polar surface area (TPSA) is 135 Å². The monoisotopic (exact) mass is 284 g/mol. The first-order valence-electron chi connectivity index (χ1n) is 5.44. The Balaban J connectivity index is 0.